The van der Waals surface area contributed by atoms with Crippen molar-refractivity contribution in [1.29, 1.82) is 0 Å². The first kappa shape index (κ1) is 11.5. The zero-order valence-corrected chi connectivity index (χ0v) is 10.6. The Kier molecular flexibility index (Phi) is 2.96. The topological polar surface area (TPSA) is 32.8 Å². The molecule has 1 amide bonds. The maximum Gasteiger partial charge on any atom is 0.410 e. The minimum absolute atomic E-state index is 0.0103. The number of hydrogen-bond acceptors (Lipinski definition) is 3. The van der Waals surface area contributed by atoms with Gasteiger partial charge in [0.05, 0.1) is 6.04 Å². The van der Waals surface area contributed by atoms with Crippen LogP contribution in [0, 0.1) is 0 Å². The lowest BCUT2D eigenvalue weighted by molar-refractivity contribution is 0.105. The van der Waals surface area contributed by atoms with E-state index in [4.69, 9.17) is 4.74 Å². The van der Waals surface area contributed by atoms with Crippen LogP contribution in [-0.4, -0.2) is 47.7 Å². The van der Waals surface area contributed by atoms with E-state index >= 15 is 0 Å². The van der Waals surface area contributed by atoms with Crippen LogP contribution >= 0.6 is 0 Å². The highest BCUT2D eigenvalue weighted by atomic mass is 16.6. The Morgan fingerprint density at radius 1 is 1.28 bits per heavy atom. The van der Waals surface area contributed by atoms with Gasteiger partial charge in [-0.15, -0.1) is 0 Å². The van der Waals surface area contributed by atoms with Crippen LogP contribution in [0.5, 0.6) is 0 Å². The molecule has 18 heavy (non-hydrogen) atoms. The number of nitrogens with zero attached hydrogens (tertiary/aromatic N) is 2. The number of benzene rings is 1. The molecule has 3 rings (SSSR count). The summed E-state index contributed by atoms with van der Waals surface area (Å²) in [6.45, 7) is 5.54. The van der Waals surface area contributed by atoms with Crippen molar-refractivity contribution in [3.05, 3.63) is 35.9 Å². The van der Waals surface area contributed by atoms with Crippen molar-refractivity contribution in [2.45, 2.75) is 25.6 Å². The second kappa shape index (κ2) is 4.61. The van der Waals surface area contributed by atoms with Crippen molar-refractivity contribution in [3.8, 4) is 0 Å². The Hall–Kier alpha value is -1.55. The quantitative estimate of drug-likeness (QED) is 0.796. The first-order valence-corrected chi connectivity index (χ1v) is 6.47. The number of hydrogen-bond donors (Lipinski definition) is 0. The fourth-order valence-electron chi connectivity index (χ4n) is 2.79. The third-order valence-electron chi connectivity index (χ3n) is 3.81. The summed E-state index contributed by atoms with van der Waals surface area (Å²) in [5.41, 5.74) is 1.32. The normalized spacial score (nSPS) is 28.1. The number of carbonyl (C=O) groups excluding carboxylic acids is 1. The highest BCUT2D eigenvalue weighted by molar-refractivity contribution is 5.70. The molecule has 0 N–H and O–H groups in total. The molecule has 1 unspecified atom stereocenters. The SMILES string of the molecule is C[C@@H]1OC(=O)N2CCN(Cc3ccccc3)CC12. The van der Waals surface area contributed by atoms with Crippen molar-refractivity contribution >= 4 is 6.09 Å². The fraction of sp³-hybridized carbons (Fsp3) is 0.500. The molecule has 0 radical (unpaired) electrons. The molecule has 0 bridgehead atoms. The second-order valence-electron chi connectivity index (χ2n) is 5.07. The monoisotopic (exact) mass is 246 g/mol. The largest absolute Gasteiger partial charge is 0.444 e. The number of ether oxygens (including phenoxy) is 1. The van der Waals surface area contributed by atoms with E-state index in [0.717, 1.165) is 26.2 Å². The van der Waals surface area contributed by atoms with E-state index in [1.807, 2.05) is 17.9 Å². The summed E-state index contributed by atoms with van der Waals surface area (Å²) in [5, 5.41) is 0. The lowest BCUT2D eigenvalue weighted by Crippen LogP contribution is -2.53. The van der Waals surface area contributed by atoms with E-state index < -0.39 is 0 Å². The Morgan fingerprint density at radius 3 is 2.83 bits per heavy atom. The van der Waals surface area contributed by atoms with Crippen LogP contribution in [0.3, 0.4) is 0 Å². The third kappa shape index (κ3) is 2.08. The molecule has 2 heterocycles. The molecule has 0 saturated carbocycles. The Bertz CT molecular complexity index is 435. The van der Waals surface area contributed by atoms with Crippen molar-refractivity contribution < 1.29 is 9.53 Å². The smallest absolute Gasteiger partial charge is 0.410 e. The maximum absolute atomic E-state index is 11.6. The Balaban J connectivity index is 1.66. The number of fused-ring (bicyclic) bond motifs is 1. The summed E-state index contributed by atoms with van der Waals surface area (Å²) in [6, 6.07) is 10.7. The van der Waals surface area contributed by atoms with E-state index in [9.17, 15) is 4.79 Å². The van der Waals surface area contributed by atoms with Gasteiger partial charge in [-0.25, -0.2) is 4.79 Å². The van der Waals surface area contributed by atoms with Crippen molar-refractivity contribution in [2.24, 2.45) is 0 Å². The number of amides is 1. The molecule has 4 nitrogen and oxygen atoms in total. The molecule has 2 fully saturated rings. The molecule has 0 aromatic heterocycles. The standard InChI is InChI=1S/C14H18N2O2/c1-11-13-10-15(7-8-16(13)14(17)18-11)9-12-5-3-2-4-6-12/h2-6,11,13H,7-10H2,1H3/t11-,13?/m0/s1. The van der Waals surface area contributed by atoms with Crippen LogP contribution in [0.15, 0.2) is 30.3 Å². The average Bonchev–Trinajstić information content (AvgIpc) is 2.66. The zero-order chi connectivity index (χ0) is 12.5. The van der Waals surface area contributed by atoms with E-state index in [-0.39, 0.29) is 18.2 Å². The van der Waals surface area contributed by atoms with Gasteiger partial charge in [0.2, 0.25) is 0 Å². The first-order chi connectivity index (χ1) is 8.74. The predicted octanol–water partition coefficient (Wildman–Crippen LogP) is 1.71. The summed E-state index contributed by atoms with van der Waals surface area (Å²) < 4.78 is 5.27. The van der Waals surface area contributed by atoms with Crippen molar-refractivity contribution in [3.63, 3.8) is 0 Å². The van der Waals surface area contributed by atoms with Gasteiger partial charge in [-0.2, -0.15) is 0 Å². The number of rotatable bonds is 2. The second-order valence-corrected chi connectivity index (χ2v) is 5.07. The Labute approximate surface area is 107 Å². The van der Waals surface area contributed by atoms with Crippen LogP contribution < -0.4 is 0 Å². The highest BCUT2D eigenvalue weighted by Crippen LogP contribution is 2.24. The van der Waals surface area contributed by atoms with Gasteiger partial charge in [0, 0.05) is 26.2 Å². The van der Waals surface area contributed by atoms with Gasteiger partial charge in [-0.3, -0.25) is 9.80 Å². The number of piperazine rings is 1. The minimum Gasteiger partial charge on any atom is -0.444 e. The summed E-state index contributed by atoms with van der Waals surface area (Å²) >= 11 is 0. The van der Waals surface area contributed by atoms with Gasteiger partial charge in [0.25, 0.3) is 0 Å². The van der Waals surface area contributed by atoms with Crippen molar-refractivity contribution in [2.75, 3.05) is 19.6 Å². The van der Waals surface area contributed by atoms with Crippen LogP contribution in [0.4, 0.5) is 4.79 Å². The molecule has 0 spiro atoms. The van der Waals surface area contributed by atoms with Crippen LogP contribution in [0.1, 0.15) is 12.5 Å². The predicted molar refractivity (Wildman–Crippen MR) is 68.2 cm³/mol. The van der Waals surface area contributed by atoms with Crippen LogP contribution in [0.25, 0.3) is 0 Å². The summed E-state index contributed by atoms with van der Waals surface area (Å²) in [6.07, 6.45) is -0.136. The molecule has 2 aliphatic heterocycles. The highest BCUT2D eigenvalue weighted by Gasteiger charge is 2.42. The van der Waals surface area contributed by atoms with Crippen molar-refractivity contribution in [1.82, 2.24) is 9.80 Å². The number of carbonyl (C=O) groups is 1. The van der Waals surface area contributed by atoms with Gasteiger partial charge < -0.3 is 4.74 Å². The molecule has 4 heteroatoms. The average molecular weight is 246 g/mol. The molecule has 1 aromatic carbocycles. The van der Waals surface area contributed by atoms with Gasteiger partial charge in [0.15, 0.2) is 0 Å². The molecule has 1 aromatic rings. The minimum atomic E-state index is -0.146. The first-order valence-electron chi connectivity index (χ1n) is 6.47. The summed E-state index contributed by atoms with van der Waals surface area (Å²) in [4.78, 5) is 15.8. The Morgan fingerprint density at radius 2 is 2.06 bits per heavy atom. The molecule has 2 aliphatic rings. The van der Waals surface area contributed by atoms with Crippen LogP contribution in [-0.2, 0) is 11.3 Å². The van der Waals surface area contributed by atoms with Gasteiger partial charge in [0.1, 0.15) is 6.10 Å². The maximum atomic E-state index is 11.6. The fourth-order valence-corrected chi connectivity index (χ4v) is 2.79. The molecule has 2 atom stereocenters. The molecular weight excluding hydrogens is 228 g/mol. The van der Waals surface area contributed by atoms with E-state index in [2.05, 4.69) is 29.2 Å². The van der Waals surface area contributed by atoms with Gasteiger partial charge in [-0.1, -0.05) is 30.3 Å². The molecule has 96 valence electrons. The summed E-state index contributed by atoms with van der Waals surface area (Å²) in [5.74, 6) is 0. The van der Waals surface area contributed by atoms with Crippen LogP contribution in [0.2, 0.25) is 0 Å². The zero-order valence-electron chi connectivity index (χ0n) is 10.6. The van der Waals surface area contributed by atoms with Gasteiger partial charge in [-0.05, 0) is 12.5 Å². The lowest BCUT2D eigenvalue weighted by Gasteiger charge is -2.36. The number of cyclic esters (lactones) is 1. The summed E-state index contributed by atoms with van der Waals surface area (Å²) in [7, 11) is 0. The third-order valence-corrected chi connectivity index (χ3v) is 3.81. The van der Waals surface area contributed by atoms with E-state index in [1.54, 1.807) is 0 Å². The van der Waals surface area contributed by atoms with E-state index in [1.165, 1.54) is 5.56 Å². The lowest BCUT2D eigenvalue weighted by atomic mass is 10.1. The van der Waals surface area contributed by atoms with E-state index in [0.29, 0.717) is 0 Å². The molecular formula is C14H18N2O2. The van der Waals surface area contributed by atoms with Gasteiger partial charge >= 0.3 is 6.09 Å². The molecule has 0 aliphatic carbocycles. The molecule has 2 saturated heterocycles.